The quantitative estimate of drug-likeness (QED) is 0.458. The predicted octanol–water partition coefficient (Wildman–Crippen LogP) is -1.42. The second-order valence-corrected chi connectivity index (χ2v) is 0. The Morgan fingerprint density at radius 1 is 0.333 bits per heavy atom. The molecular formula is H8Co2MnNiO8. The molecule has 0 unspecified atom stereocenters. The second-order valence-electron chi connectivity index (χ2n) is 0. The Kier molecular flexibility index (Phi) is 37900. The third-order valence-corrected chi connectivity index (χ3v) is 0. The Hall–Kier alpha value is 1.71. The van der Waals surface area contributed by atoms with E-state index in [1.54, 1.807) is 0 Å². The molecule has 0 bridgehead atoms. The van der Waals surface area contributed by atoms with Gasteiger partial charge in [-0.3, -0.25) is 0 Å². The van der Waals surface area contributed by atoms with Crippen LogP contribution in [0.5, 0.6) is 0 Å². The van der Waals surface area contributed by atoms with E-state index in [4.69, 9.17) is 0 Å². The summed E-state index contributed by atoms with van der Waals surface area (Å²) >= 11 is 0. The van der Waals surface area contributed by atoms with Crippen LogP contribution in [-0.4, -0.2) is 43.8 Å². The SMILES string of the molecule is [Co+2].[Co+2].[Mn+2].[Ni+2].[OH-].[OH-].[OH-].[OH-].[OH-].[OH-].[OH-].[OH-]. The smallest absolute Gasteiger partial charge is 0.870 e. The van der Waals surface area contributed by atoms with Gasteiger partial charge in [0.2, 0.25) is 0 Å². The van der Waals surface area contributed by atoms with Gasteiger partial charge in [-0.15, -0.1) is 0 Å². The second kappa shape index (κ2) is 598. The summed E-state index contributed by atoms with van der Waals surface area (Å²) in [6, 6.07) is 0. The zero-order valence-electron chi connectivity index (χ0n) is 4.94. The first-order valence-corrected chi connectivity index (χ1v) is 0. The Morgan fingerprint density at radius 2 is 0.333 bits per heavy atom. The van der Waals surface area contributed by atoms with E-state index in [-0.39, 0.29) is 111 Å². The molecule has 8 nitrogen and oxygen atoms in total. The van der Waals surface area contributed by atoms with Crippen LogP contribution in [0.1, 0.15) is 0 Å². The minimum absolute atomic E-state index is 0. The molecule has 0 heterocycles. The molecule has 12 heteroatoms. The molecule has 91 valence electrons. The number of hydrogen-bond donors (Lipinski definition) is 0. The summed E-state index contributed by atoms with van der Waals surface area (Å²) in [5, 5.41) is 0. The van der Waals surface area contributed by atoms with Crippen molar-refractivity contribution in [1.82, 2.24) is 0 Å². The van der Waals surface area contributed by atoms with Crippen molar-refractivity contribution >= 4 is 0 Å². The average molecular weight is 368 g/mol. The molecular weight excluding hydrogens is 359 g/mol. The van der Waals surface area contributed by atoms with Crippen LogP contribution in [0.4, 0.5) is 0 Å². The van der Waals surface area contributed by atoms with Crippen LogP contribution in [0, 0.1) is 0 Å². The number of hydrogen-bond acceptors (Lipinski definition) is 8. The minimum atomic E-state index is 0. The maximum absolute atomic E-state index is 0. The fourth-order valence-corrected chi connectivity index (χ4v) is 0. The molecule has 0 amide bonds. The van der Waals surface area contributed by atoms with Crippen LogP contribution in [0.25, 0.3) is 0 Å². The molecule has 0 fully saturated rings. The van der Waals surface area contributed by atoms with Gasteiger partial charge in [-0.05, 0) is 0 Å². The van der Waals surface area contributed by atoms with Gasteiger partial charge in [0, 0.05) is 0 Å². The van der Waals surface area contributed by atoms with E-state index >= 15 is 0 Å². The standard InChI is InChI=1S/2Co.Mn.Ni.8H2O/h;;;;8*1H2/q4*+2;;;;;;;;/p-8. The Bertz CT molecular complexity index is 17.0. The third kappa shape index (κ3) is 461. The topological polar surface area (TPSA) is 240 Å². The van der Waals surface area contributed by atoms with Gasteiger partial charge in [0.25, 0.3) is 0 Å². The van der Waals surface area contributed by atoms with E-state index in [2.05, 4.69) is 0 Å². The number of rotatable bonds is 0. The summed E-state index contributed by atoms with van der Waals surface area (Å²) in [6.07, 6.45) is 0. The molecule has 0 aliphatic heterocycles. The Balaban J connectivity index is 0. The van der Waals surface area contributed by atoms with Crippen LogP contribution in [0.2, 0.25) is 0 Å². The summed E-state index contributed by atoms with van der Waals surface area (Å²) < 4.78 is 0. The van der Waals surface area contributed by atoms with Crippen LogP contribution in [0.3, 0.4) is 0 Å². The van der Waals surface area contributed by atoms with E-state index < -0.39 is 0 Å². The molecule has 12 heavy (non-hydrogen) atoms. The van der Waals surface area contributed by atoms with Crippen LogP contribution in [-0.2, 0) is 67.1 Å². The fraction of sp³-hybridized carbons (Fsp3) is 0. The molecule has 0 aromatic carbocycles. The maximum atomic E-state index is 0. The Labute approximate surface area is 110 Å². The van der Waals surface area contributed by atoms with E-state index in [1.807, 2.05) is 0 Å². The van der Waals surface area contributed by atoms with Crippen molar-refractivity contribution in [2.45, 2.75) is 0 Å². The van der Waals surface area contributed by atoms with Crippen LogP contribution >= 0.6 is 0 Å². The summed E-state index contributed by atoms with van der Waals surface area (Å²) in [5.74, 6) is 0. The molecule has 0 spiro atoms. The van der Waals surface area contributed by atoms with Crippen LogP contribution in [0.15, 0.2) is 0 Å². The molecule has 0 saturated heterocycles. The van der Waals surface area contributed by atoms with Crippen molar-refractivity contribution in [3.8, 4) is 0 Å². The first-order valence-electron chi connectivity index (χ1n) is 0. The minimum Gasteiger partial charge on any atom is -0.870 e. The van der Waals surface area contributed by atoms with Gasteiger partial charge in [-0.1, -0.05) is 0 Å². The third-order valence-electron chi connectivity index (χ3n) is 0. The van der Waals surface area contributed by atoms with Gasteiger partial charge in [-0.2, -0.15) is 0 Å². The average Bonchev–Trinajstić information content (AvgIpc) is 0. The van der Waals surface area contributed by atoms with Crippen molar-refractivity contribution < 1.29 is 111 Å². The summed E-state index contributed by atoms with van der Waals surface area (Å²) in [5.41, 5.74) is 0. The van der Waals surface area contributed by atoms with Crippen LogP contribution < -0.4 is 0 Å². The van der Waals surface area contributed by atoms with Gasteiger partial charge < -0.3 is 43.8 Å². The van der Waals surface area contributed by atoms with Crippen molar-refractivity contribution in [2.75, 3.05) is 0 Å². The molecule has 3 radical (unpaired) electrons. The monoisotopic (exact) mass is 367 g/mol. The summed E-state index contributed by atoms with van der Waals surface area (Å²) in [6.45, 7) is 0. The van der Waals surface area contributed by atoms with Crippen molar-refractivity contribution in [3.63, 3.8) is 0 Å². The largest absolute Gasteiger partial charge is 2.00 e. The van der Waals surface area contributed by atoms with Gasteiger partial charge in [0.1, 0.15) is 0 Å². The van der Waals surface area contributed by atoms with Crippen molar-refractivity contribution in [3.05, 3.63) is 0 Å². The summed E-state index contributed by atoms with van der Waals surface area (Å²) in [7, 11) is 0. The molecule has 0 aliphatic carbocycles. The normalized spacial score (nSPS) is 0. The molecule has 0 saturated carbocycles. The molecule has 0 aromatic heterocycles. The Morgan fingerprint density at radius 3 is 0.333 bits per heavy atom. The zero-order valence-corrected chi connectivity index (χ0v) is 9.19. The predicted molar refractivity (Wildman–Crippen MR) is 15.5 cm³/mol. The van der Waals surface area contributed by atoms with Gasteiger partial charge in [0.05, 0.1) is 0 Å². The molecule has 0 atom stereocenters. The summed E-state index contributed by atoms with van der Waals surface area (Å²) in [4.78, 5) is 0. The van der Waals surface area contributed by atoms with E-state index in [9.17, 15) is 0 Å². The van der Waals surface area contributed by atoms with E-state index in [1.165, 1.54) is 0 Å². The first-order chi connectivity index (χ1) is 0. The fourth-order valence-electron chi connectivity index (χ4n) is 0. The van der Waals surface area contributed by atoms with E-state index in [0.29, 0.717) is 0 Å². The van der Waals surface area contributed by atoms with Crippen molar-refractivity contribution in [1.29, 1.82) is 0 Å². The van der Waals surface area contributed by atoms with Gasteiger partial charge in [0.15, 0.2) is 0 Å². The van der Waals surface area contributed by atoms with Crippen molar-refractivity contribution in [2.24, 2.45) is 0 Å². The van der Waals surface area contributed by atoms with Gasteiger partial charge in [-0.25, -0.2) is 0 Å². The first kappa shape index (κ1) is 760. The van der Waals surface area contributed by atoms with Gasteiger partial charge >= 0.3 is 67.1 Å². The molecule has 8 N–H and O–H groups in total. The zero-order chi connectivity index (χ0) is 0. The van der Waals surface area contributed by atoms with E-state index in [0.717, 1.165) is 0 Å². The molecule has 0 aliphatic rings. The molecule has 0 rings (SSSR count). The maximum Gasteiger partial charge on any atom is 2.00 e. The molecule has 0 aromatic rings.